The van der Waals surface area contributed by atoms with Gasteiger partial charge in [0.25, 0.3) is 5.91 Å². The predicted molar refractivity (Wildman–Crippen MR) is 76.6 cm³/mol. The van der Waals surface area contributed by atoms with Gasteiger partial charge in [-0.1, -0.05) is 12.1 Å². The number of hydrazine groups is 1. The van der Waals surface area contributed by atoms with E-state index >= 15 is 0 Å². The number of carbonyl (C=O) groups excluding carboxylic acids is 1. The first-order chi connectivity index (χ1) is 9.60. The van der Waals surface area contributed by atoms with Gasteiger partial charge in [0.1, 0.15) is 5.82 Å². The van der Waals surface area contributed by atoms with Crippen LogP contribution in [-0.2, 0) is 6.54 Å². The molecule has 0 spiro atoms. The smallest absolute Gasteiger partial charge is 0.265 e. The van der Waals surface area contributed by atoms with Gasteiger partial charge in [0.05, 0.1) is 0 Å². The molecule has 0 aliphatic rings. The highest BCUT2D eigenvalue weighted by atomic mass is 19.1. The SMILES string of the molecule is CN(Cc1ccc(C(=O)NN)cc1)c1ccc(F)cc1. The van der Waals surface area contributed by atoms with Crippen LogP contribution in [0.3, 0.4) is 0 Å². The Morgan fingerprint density at radius 2 is 1.75 bits per heavy atom. The summed E-state index contributed by atoms with van der Waals surface area (Å²) in [7, 11) is 1.92. The van der Waals surface area contributed by atoms with Crippen LogP contribution in [0.2, 0.25) is 0 Å². The number of benzene rings is 2. The summed E-state index contributed by atoms with van der Waals surface area (Å²) in [5.74, 6) is 4.51. The molecule has 2 aromatic rings. The van der Waals surface area contributed by atoms with E-state index in [0.717, 1.165) is 11.3 Å². The van der Waals surface area contributed by atoms with Crippen LogP contribution in [0.1, 0.15) is 15.9 Å². The third-order valence-electron chi connectivity index (χ3n) is 3.03. The first-order valence-electron chi connectivity index (χ1n) is 6.17. The van der Waals surface area contributed by atoms with Crippen LogP contribution in [0.15, 0.2) is 48.5 Å². The summed E-state index contributed by atoms with van der Waals surface area (Å²) in [4.78, 5) is 13.3. The second-order valence-electron chi connectivity index (χ2n) is 4.50. The van der Waals surface area contributed by atoms with E-state index in [1.54, 1.807) is 24.3 Å². The number of nitrogen functional groups attached to an aromatic ring is 1. The fraction of sp³-hybridized carbons (Fsp3) is 0.133. The Balaban J connectivity index is 2.06. The minimum atomic E-state index is -0.316. The number of hydrogen-bond donors (Lipinski definition) is 2. The molecule has 1 amide bonds. The molecule has 3 N–H and O–H groups in total. The Labute approximate surface area is 117 Å². The first kappa shape index (κ1) is 14.0. The second kappa shape index (κ2) is 6.16. The van der Waals surface area contributed by atoms with E-state index in [4.69, 9.17) is 5.84 Å². The van der Waals surface area contributed by atoms with Gasteiger partial charge in [-0.2, -0.15) is 0 Å². The van der Waals surface area contributed by atoms with Crippen LogP contribution >= 0.6 is 0 Å². The molecule has 0 atom stereocenters. The largest absolute Gasteiger partial charge is 0.370 e. The Morgan fingerprint density at radius 1 is 1.15 bits per heavy atom. The molecule has 0 saturated carbocycles. The lowest BCUT2D eigenvalue weighted by molar-refractivity contribution is 0.0953. The maximum atomic E-state index is 12.9. The molecule has 0 aliphatic carbocycles. The van der Waals surface area contributed by atoms with Gasteiger partial charge in [-0.25, -0.2) is 10.2 Å². The topological polar surface area (TPSA) is 58.4 Å². The molecule has 0 radical (unpaired) electrons. The summed E-state index contributed by atoms with van der Waals surface area (Å²) in [6, 6.07) is 13.5. The molecule has 0 aliphatic heterocycles. The predicted octanol–water partition coefficient (Wildman–Crippen LogP) is 2.07. The Bertz CT molecular complexity index is 581. The van der Waals surface area contributed by atoms with Crippen LogP contribution in [0.4, 0.5) is 10.1 Å². The van der Waals surface area contributed by atoms with Crippen LogP contribution in [0, 0.1) is 5.82 Å². The summed E-state index contributed by atoms with van der Waals surface area (Å²) in [6.07, 6.45) is 0. The Hall–Kier alpha value is -2.40. The molecule has 104 valence electrons. The maximum absolute atomic E-state index is 12.9. The van der Waals surface area contributed by atoms with Crippen molar-refractivity contribution in [3.8, 4) is 0 Å². The van der Waals surface area contributed by atoms with Gasteiger partial charge < -0.3 is 4.90 Å². The molecule has 0 saturated heterocycles. The molecule has 20 heavy (non-hydrogen) atoms. The molecule has 0 unspecified atom stereocenters. The van der Waals surface area contributed by atoms with Crippen molar-refractivity contribution in [2.75, 3.05) is 11.9 Å². The molecule has 5 heteroatoms. The first-order valence-corrected chi connectivity index (χ1v) is 6.17. The highest BCUT2D eigenvalue weighted by molar-refractivity contribution is 5.93. The molecule has 0 heterocycles. The molecule has 0 bridgehead atoms. The number of anilines is 1. The molecular weight excluding hydrogens is 257 g/mol. The Kier molecular flexibility index (Phi) is 4.32. The van der Waals surface area contributed by atoms with E-state index in [-0.39, 0.29) is 11.7 Å². The van der Waals surface area contributed by atoms with Crippen molar-refractivity contribution in [1.29, 1.82) is 0 Å². The van der Waals surface area contributed by atoms with E-state index in [2.05, 4.69) is 5.43 Å². The lowest BCUT2D eigenvalue weighted by Gasteiger charge is -2.19. The number of amides is 1. The van der Waals surface area contributed by atoms with Crippen molar-refractivity contribution in [3.63, 3.8) is 0 Å². The summed E-state index contributed by atoms with van der Waals surface area (Å²) in [5, 5.41) is 0. The fourth-order valence-electron chi connectivity index (χ4n) is 1.91. The fourth-order valence-corrected chi connectivity index (χ4v) is 1.91. The number of nitrogens with zero attached hydrogens (tertiary/aromatic N) is 1. The maximum Gasteiger partial charge on any atom is 0.265 e. The Morgan fingerprint density at radius 3 is 2.30 bits per heavy atom. The van der Waals surface area contributed by atoms with Crippen molar-refractivity contribution >= 4 is 11.6 Å². The highest BCUT2D eigenvalue weighted by Crippen LogP contribution is 2.16. The molecule has 2 rings (SSSR count). The molecule has 0 fully saturated rings. The summed E-state index contributed by atoms with van der Waals surface area (Å²) in [6.45, 7) is 0.663. The number of carbonyl (C=O) groups is 1. The van der Waals surface area contributed by atoms with E-state index in [1.807, 2.05) is 24.1 Å². The van der Waals surface area contributed by atoms with Crippen LogP contribution in [0.5, 0.6) is 0 Å². The van der Waals surface area contributed by atoms with E-state index < -0.39 is 0 Å². The average Bonchev–Trinajstić information content (AvgIpc) is 2.48. The lowest BCUT2D eigenvalue weighted by atomic mass is 10.1. The quantitative estimate of drug-likeness (QED) is 0.509. The molecule has 2 aromatic carbocycles. The van der Waals surface area contributed by atoms with Crippen molar-refractivity contribution in [2.24, 2.45) is 5.84 Å². The molecule has 4 nitrogen and oxygen atoms in total. The monoisotopic (exact) mass is 273 g/mol. The zero-order valence-electron chi connectivity index (χ0n) is 11.1. The minimum absolute atomic E-state index is 0.251. The second-order valence-corrected chi connectivity index (χ2v) is 4.50. The van der Waals surface area contributed by atoms with Crippen LogP contribution in [0.25, 0.3) is 0 Å². The lowest BCUT2D eigenvalue weighted by Crippen LogP contribution is -2.29. The number of rotatable bonds is 4. The van der Waals surface area contributed by atoms with Gasteiger partial charge in [-0.15, -0.1) is 0 Å². The van der Waals surface area contributed by atoms with Crippen LogP contribution in [-0.4, -0.2) is 13.0 Å². The molecular formula is C15H16FN3O. The van der Waals surface area contributed by atoms with E-state index in [0.29, 0.717) is 12.1 Å². The van der Waals surface area contributed by atoms with Crippen LogP contribution < -0.4 is 16.2 Å². The zero-order valence-corrected chi connectivity index (χ0v) is 11.1. The normalized spacial score (nSPS) is 10.2. The van der Waals surface area contributed by atoms with E-state index in [9.17, 15) is 9.18 Å². The summed E-state index contributed by atoms with van der Waals surface area (Å²) < 4.78 is 12.9. The van der Waals surface area contributed by atoms with Crippen molar-refractivity contribution in [2.45, 2.75) is 6.54 Å². The standard InChI is InChI=1S/C15H16FN3O/c1-19(14-8-6-13(16)7-9-14)10-11-2-4-12(5-3-11)15(20)18-17/h2-9H,10,17H2,1H3,(H,18,20). The third kappa shape index (κ3) is 3.33. The summed E-state index contributed by atoms with van der Waals surface area (Å²) in [5.41, 5.74) is 4.58. The number of nitrogens with one attached hydrogen (secondary N) is 1. The van der Waals surface area contributed by atoms with Gasteiger partial charge in [0.15, 0.2) is 0 Å². The number of hydrogen-bond acceptors (Lipinski definition) is 3. The molecule has 0 aromatic heterocycles. The minimum Gasteiger partial charge on any atom is -0.370 e. The third-order valence-corrected chi connectivity index (χ3v) is 3.03. The van der Waals surface area contributed by atoms with Gasteiger partial charge in [0.2, 0.25) is 0 Å². The zero-order chi connectivity index (χ0) is 14.5. The highest BCUT2D eigenvalue weighted by Gasteiger charge is 2.05. The van der Waals surface area contributed by atoms with E-state index in [1.165, 1.54) is 12.1 Å². The van der Waals surface area contributed by atoms with Gasteiger partial charge >= 0.3 is 0 Å². The van der Waals surface area contributed by atoms with Crippen molar-refractivity contribution in [3.05, 3.63) is 65.5 Å². The van der Waals surface area contributed by atoms with Gasteiger partial charge in [0, 0.05) is 24.8 Å². The van der Waals surface area contributed by atoms with Gasteiger partial charge in [-0.05, 0) is 42.0 Å². The van der Waals surface area contributed by atoms with Gasteiger partial charge in [-0.3, -0.25) is 10.2 Å². The van der Waals surface area contributed by atoms with Crippen molar-refractivity contribution < 1.29 is 9.18 Å². The average molecular weight is 273 g/mol. The number of nitrogens with two attached hydrogens (primary N) is 1. The summed E-state index contributed by atoms with van der Waals surface area (Å²) >= 11 is 0. The van der Waals surface area contributed by atoms with Crippen molar-refractivity contribution in [1.82, 2.24) is 5.43 Å². The number of halogens is 1.